The van der Waals surface area contributed by atoms with Gasteiger partial charge in [-0.25, -0.2) is 8.96 Å². The minimum atomic E-state index is -0.506. The van der Waals surface area contributed by atoms with Crippen LogP contribution in [0, 0.1) is 5.82 Å². The van der Waals surface area contributed by atoms with Crippen molar-refractivity contribution in [2.75, 3.05) is 6.61 Å². The third kappa shape index (κ3) is 11.8. The van der Waals surface area contributed by atoms with Gasteiger partial charge in [-0.15, -0.1) is 0 Å². The molecule has 0 radical (unpaired) electrons. The highest BCUT2D eigenvalue weighted by molar-refractivity contribution is 5.79. The highest BCUT2D eigenvalue weighted by Crippen LogP contribution is 2.21. The Labute approximate surface area is 235 Å². The monoisotopic (exact) mass is 535 g/mol. The molecule has 212 valence electrons. The molecule has 0 aliphatic heterocycles. The first-order valence-electron chi connectivity index (χ1n) is 15.1. The van der Waals surface area contributed by atoms with Gasteiger partial charge in [-0.2, -0.15) is 0 Å². The van der Waals surface area contributed by atoms with Gasteiger partial charge in [-0.3, -0.25) is 4.79 Å². The van der Waals surface area contributed by atoms with Crippen molar-refractivity contribution in [1.29, 1.82) is 0 Å². The molecule has 1 N–H and O–H groups in total. The van der Waals surface area contributed by atoms with Crippen molar-refractivity contribution >= 4 is 5.91 Å². The molecule has 0 bridgehead atoms. The average molecular weight is 536 g/mol. The number of carbonyl (C=O) groups is 1. The maximum atomic E-state index is 14.7. The van der Waals surface area contributed by atoms with Crippen molar-refractivity contribution in [1.82, 2.24) is 5.32 Å². The first-order chi connectivity index (χ1) is 19.1. The average Bonchev–Trinajstić information content (AvgIpc) is 2.93. The number of halogens is 1. The number of nitrogens with zero attached hydrogens (tertiary/aromatic N) is 1. The van der Waals surface area contributed by atoms with Crippen LogP contribution in [0.4, 0.5) is 4.39 Å². The molecule has 4 nitrogen and oxygen atoms in total. The minimum absolute atomic E-state index is 0.120. The number of benzene rings is 1. The molecule has 1 atom stereocenters. The second-order valence-electron chi connectivity index (χ2n) is 10.9. The summed E-state index contributed by atoms with van der Waals surface area (Å²) in [5.74, 6) is -0.273. The van der Waals surface area contributed by atoms with E-state index >= 15 is 0 Å². The molecule has 0 saturated heterocycles. The smallest absolute Gasteiger partial charge is 0.225 e. The molecule has 5 heteroatoms. The highest BCUT2D eigenvalue weighted by atomic mass is 19.1. The van der Waals surface area contributed by atoms with Crippen LogP contribution < -0.4 is 14.6 Å². The number of nitrogens with one attached hydrogen (secondary N) is 1. The van der Waals surface area contributed by atoms with Crippen molar-refractivity contribution in [2.24, 2.45) is 0 Å². The number of hydrogen-bond acceptors (Lipinski definition) is 2. The lowest BCUT2D eigenvalue weighted by atomic mass is 9.90. The van der Waals surface area contributed by atoms with E-state index in [2.05, 4.69) is 22.9 Å². The Bertz CT molecular complexity index is 1040. The zero-order chi connectivity index (χ0) is 27.6. The Morgan fingerprint density at radius 1 is 0.923 bits per heavy atom. The fourth-order valence-corrected chi connectivity index (χ4v) is 5.18. The van der Waals surface area contributed by atoms with Gasteiger partial charge in [0.05, 0.1) is 13.0 Å². The fourth-order valence-electron chi connectivity index (χ4n) is 5.18. The fraction of sp³-hybridized carbons (Fsp3) is 0.529. The highest BCUT2D eigenvalue weighted by Gasteiger charge is 2.33. The van der Waals surface area contributed by atoms with E-state index in [1.807, 2.05) is 48.8 Å². The summed E-state index contributed by atoms with van der Waals surface area (Å²) in [5.41, 5.74) is 0.133. The van der Waals surface area contributed by atoms with Crippen LogP contribution in [0.5, 0.6) is 5.75 Å². The SMILES string of the molecule is CCCCCCCCCCCCCCOc1ccc(CC(=O)NC2(C[n+]3ccccc3)C=CC=CC2)cc1F. The normalized spacial score (nSPS) is 16.4. The molecule has 39 heavy (non-hydrogen) atoms. The molecular weight excluding hydrogens is 487 g/mol. The van der Waals surface area contributed by atoms with Crippen molar-refractivity contribution in [2.45, 2.75) is 109 Å². The third-order valence-electron chi connectivity index (χ3n) is 7.39. The summed E-state index contributed by atoms with van der Waals surface area (Å²) in [4.78, 5) is 12.9. The lowest BCUT2D eigenvalue weighted by Gasteiger charge is -2.29. The molecular formula is C34H48FN2O2+. The molecule has 0 saturated carbocycles. The van der Waals surface area contributed by atoms with Gasteiger partial charge in [0.2, 0.25) is 5.91 Å². The van der Waals surface area contributed by atoms with Gasteiger partial charge < -0.3 is 10.1 Å². The summed E-state index contributed by atoms with van der Waals surface area (Å²) in [7, 11) is 0. The molecule has 1 aromatic carbocycles. The van der Waals surface area contributed by atoms with Crippen molar-refractivity contribution in [3.63, 3.8) is 0 Å². The third-order valence-corrected chi connectivity index (χ3v) is 7.39. The number of allylic oxidation sites excluding steroid dienone is 2. The van der Waals surface area contributed by atoms with E-state index in [1.54, 1.807) is 12.1 Å². The van der Waals surface area contributed by atoms with Crippen LogP contribution >= 0.6 is 0 Å². The first kappa shape index (κ1) is 30.6. The Morgan fingerprint density at radius 2 is 1.59 bits per heavy atom. The Morgan fingerprint density at radius 3 is 2.21 bits per heavy atom. The number of aromatic nitrogens is 1. The van der Waals surface area contributed by atoms with E-state index < -0.39 is 11.4 Å². The summed E-state index contributed by atoms with van der Waals surface area (Å²) in [6.45, 7) is 3.41. The van der Waals surface area contributed by atoms with Gasteiger partial charge in [0.1, 0.15) is 5.54 Å². The van der Waals surface area contributed by atoms with Crippen LogP contribution in [0.25, 0.3) is 0 Å². The lowest BCUT2D eigenvalue weighted by molar-refractivity contribution is -0.703. The Kier molecular flexibility index (Phi) is 13.8. The number of carbonyl (C=O) groups excluding carboxylic acids is 1. The summed E-state index contributed by atoms with van der Waals surface area (Å²) < 4.78 is 22.4. The molecule has 0 spiro atoms. The summed E-state index contributed by atoms with van der Waals surface area (Å²) >= 11 is 0. The predicted octanol–water partition coefficient (Wildman–Crippen LogP) is 7.81. The quantitative estimate of drug-likeness (QED) is 0.147. The van der Waals surface area contributed by atoms with Crippen LogP contribution in [0.3, 0.4) is 0 Å². The summed E-state index contributed by atoms with van der Waals surface area (Å²) in [5, 5.41) is 3.19. The van der Waals surface area contributed by atoms with Crippen LogP contribution in [-0.2, 0) is 17.8 Å². The molecule has 1 unspecified atom stereocenters. The van der Waals surface area contributed by atoms with Gasteiger partial charge in [-0.05, 0) is 30.5 Å². The van der Waals surface area contributed by atoms with E-state index in [9.17, 15) is 9.18 Å². The van der Waals surface area contributed by atoms with Gasteiger partial charge in [0, 0.05) is 12.1 Å². The topological polar surface area (TPSA) is 42.2 Å². The number of amides is 1. The van der Waals surface area contributed by atoms with Crippen LogP contribution in [0.1, 0.15) is 96.0 Å². The van der Waals surface area contributed by atoms with E-state index in [0.29, 0.717) is 25.1 Å². The van der Waals surface area contributed by atoms with Crippen LogP contribution in [0.15, 0.2) is 73.1 Å². The van der Waals surface area contributed by atoms with Gasteiger partial charge in [0.15, 0.2) is 30.5 Å². The van der Waals surface area contributed by atoms with Gasteiger partial charge in [0.25, 0.3) is 0 Å². The molecule has 3 rings (SSSR count). The standard InChI is InChI=1S/C34H47FN2O2/c1-2-3-4-5-6-7-8-9-10-11-12-19-26-39-32-21-20-30(27-31(32)35)28-33(38)36-34(22-15-13-16-23-34)29-37-24-17-14-18-25-37/h13-18,20-22,24-25,27H,2-12,19,23,26,28-29H2,1H3/p+1. The molecule has 2 aromatic rings. The van der Waals surface area contributed by atoms with Gasteiger partial charge >= 0.3 is 0 Å². The number of unbranched alkanes of at least 4 members (excludes halogenated alkanes) is 11. The molecule has 1 aromatic heterocycles. The molecule has 1 aliphatic carbocycles. The predicted molar refractivity (Wildman–Crippen MR) is 157 cm³/mol. The molecule has 1 heterocycles. The van der Waals surface area contributed by atoms with Crippen molar-refractivity contribution in [3.05, 3.63) is 84.5 Å². The van der Waals surface area contributed by atoms with Crippen molar-refractivity contribution in [3.8, 4) is 5.75 Å². The van der Waals surface area contributed by atoms with Crippen LogP contribution in [0.2, 0.25) is 0 Å². The van der Waals surface area contributed by atoms with E-state index in [4.69, 9.17) is 4.74 Å². The number of pyridine rings is 1. The summed E-state index contributed by atoms with van der Waals surface area (Å²) in [6, 6.07) is 10.8. The minimum Gasteiger partial charge on any atom is -0.491 e. The van der Waals surface area contributed by atoms with Crippen molar-refractivity contribution < 1.29 is 18.5 Å². The molecule has 1 amide bonds. The molecule has 1 aliphatic rings. The summed E-state index contributed by atoms with van der Waals surface area (Å²) in [6.07, 6.45) is 28.3. The maximum Gasteiger partial charge on any atom is 0.225 e. The zero-order valence-corrected chi connectivity index (χ0v) is 23.9. The number of ether oxygens (including phenoxy) is 1. The second-order valence-corrected chi connectivity index (χ2v) is 10.9. The van der Waals surface area contributed by atoms with Gasteiger partial charge in [-0.1, -0.05) is 114 Å². The lowest BCUT2D eigenvalue weighted by Crippen LogP contribution is -2.57. The van der Waals surface area contributed by atoms with Crippen LogP contribution in [-0.4, -0.2) is 18.1 Å². The zero-order valence-electron chi connectivity index (χ0n) is 23.9. The number of hydrogen-bond donors (Lipinski definition) is 1. The second kappa shape index (κ2) is 17.6. The van der Waals surface area contributed by atoms with E-state index in [0.717, 1.165) is 12.8 Å². The first-order valence-corrected chi connectivity index (χ1v) is 15.1. The van der Waals surface area contributed by atoms with E-state index in [-0.39, 0.29) is 18.1 Å². The van der Waals surface area contributed by atoms with E-state index in [1.165, 1.54) is 70.3 Å². The number of rotatable bonds is 19. The Balaban J connectivity index is 1.34. The maximum absolute atomic E-state index is 14.7. The largest absolute Gasteiger partial charge is 0.491 e. The Hall–Kier alpha value is -2.95. The molecule has 0 fully saturated rings.